The van der Waals surface area contributed by atoms with Crippen molar-refractivity contribution in [3.8, 4) is 0 Å². The Balaban J connectivity index is 1.98. The van der Waals surface area contributed by atoms with Crippen LogP contribution in [0.15, 0.2) is 0 Å². The molecule has 1 spiro atoms. The number of nitrogens with zero attached hydrogens (tertiary/aromatic N) is 3. The van der Waals surface area contributed by atoms with Gasteiger partial charge in [0.05, 0.1) is 18.8 Å². The summed E-state index contributed by atoms with van der Waals surface area (Å²) in [7, 11) is 0. The van der Waals surface area contributed by atoms with Crippen molar-refractivity contribution in [2.75, 3.05) is 31.2 Å². The van der Waals surface area contributed by atoms with Gasteiger partial charge in [0.2, 0.25) is 0 Å². The van der Waals surface area contributed by atoms with Crippen molar-refractivity contribution in [3.05, 3.63) is 17.1 Å². The molecule has 0 saturated carbocycles. The normalized spacial score (nSPS) is 28.3. The minimum Gasteiger partial charge on any atom is -0.378 e. The maximum Gasteiger partial charge on any atom is 0.135 e. The van der Waals surface area contributed by atoms with Gasteiger partial charge in [-0.25, -0.2) is 9.97 Å². The Morgan fingerprint density at radius 3 is 2.52 bits per heavy atom. The first-order chi connectivity index (χ1) is 9.80. The van der Waals surface area contributed by atoms with Crippen molar-refractivity contribution in [2.45, 2.75) is 52.2 Å². The molecule has 0 amide bonds. The summed E-state index contributed by atoms with van der Waals surface area (Å²) in [5, 5.41) is 0. The van der Waals surface area contributed by atoms with Gasteiger partial charge in [-0.2, -0.15) is 0 Å². The van der Waals surface area contributed by atoms with Crippen LogP contribution >= 0.6 is 0 Å². The van der Waals surface area contributed by atoms with Gasteiger partial charge in [-0.1, -0.05) is 0 Å². The van der Waals surface area contributed by atoms with E-state index >= 15 is 0 Å². The Labute approximate surface area is 126 Å². The summed E-state index contributed by atoms with van der Waals surface area (Å²) < 4.78 is 12.0. The molecule has 2 fully saturated rings. The summed E-state index contributed by atoms with van der Waals surface area (Å²) in [6.07, 6.45) is 0.953. The van der Waals surface area contributed by atoms with E-state index in [0.29, 0.717) is 6.61 Å². The number of rotatable bonds is 1. The van der Waals surface area contributed by atoms with E-state index in [1.54, 1.807) is 0 Å². The molecule has 21 heavy (non-hydrogen) atoms. The molecule has 3 rings (SSSR count). The molecular formula is C16H25N3O2. The van der Waals surface area contributed by atoms with Crippen molar-refractivity contribution in [2.24, 2.45) is 0 Å². The quantitative estimate of drug-likeness (QED) is 0.793. The van der Waals surface area contributed by atoms with Crippen molar-refractivity contribution < 1.29 is 9.47 Å². The van der Waals surface area contributed by atoms with E-state index in [0.717, 1.165) is 49.0 Å². The molecule has 0 aliphatic carbocycles. The van der Waals surface area contributed by atoms with Gasteiger partial charge in [0.25, 0.3) is 0 Å². The van der Waals surface area contributed by atoms with E-state index in [2.05, 4.69) is 30.7 Å². The smallest absolute Gasteiger partial charge is 0.135 e. The summed E-state index contributed by atoms with van der Waals surface area (Å²) in [5.41, 5.74) is 1.82. The van der Waals surface area contributed by atoms with E-state index in [-0.39, 0.29) is 11.2 Å². The number of hydrogen-bond donors (Lipinski definition) is 0. The molecule has 2 saturated heterocycles. The zero-order valence-corrected chi connectivity index (χ0v) is 13.7. The Morgan fingerprint density at radius 2 is 1.86 bits per heavy atom. The highest BCUT2D eigenvalue weighted by Crippen LogP contribution is 2.37. The molecule has 1 atom stereocenters. The molecule has 0 N–H and O–H groups in total. The first-order valence-electron chi connectivity index (χ1n) is 7.65. The van der Waals surface area contributed by atoms with Crippen molar-refractivity contribution in [3.63, 3.8) is 0 Å². The third-order valence-electron chi connectivity index (χ3n) is 4.39. The van der Waals surface area contributed by atoms with E-state index in [1.165, 1.54) is 0 Å². The molecular weight excluding hydrogens is 266 g/mol. The molecule has 2 aliphatic rings. The second-order valence-electron chi connectivity index (χ2n) is 7.01. The van der Waals surface area contributed by atoms with E-state index in [4.69, 9.17) is 14.5 Å². The average Bonchev–Trinajstić information content (AvgIpc) is 2.79. The lowest BCUT2D eigenvalue weighted by molar-refractivity contribution is -0.151. The van der Waals surface area contributed by atoms with Crippen LogP contribution in [0.25, 0.3) is 0 Å². The fourth-order valence-electron chi connectivity index (χ4n) is 3.52. The van der Waals surface area contributed by atoms with Crippen LogP contribution in [0.5, 0.6) is 0 Å². The molecule has 0 aromatic carbocycles. The van der Waals surface area contributed by atoms with Gasteiger partial charge in [-0.15, -0.1) is 0 Å². The highest BCUT2D eigenvalue weighted by molar-refractivity contribution is 5.49. The zero-order valence-electron chi connectivity index (χ0n) is 13.7. The van der Waals surface area contributed by atoms with Crippen LogP contribution in [0.2, 0.25) is 0 Å². The topological polar surface area (TPSA) is 47.5 Å². The maximum atomic E-state index is 6.36. The number of aromatic nitrogens is 2. The largest absolute Gasteiger partial charge is 0.378 e. The molecule has 1 aromatic rings. The highest BCUT2D eigenvalue weighted by Gasteiger charge is 2.47. The van der Waals surface area contributed by atoms with Crippen LogP contribution in [-0.2, 0) is 9.47 Å². The van der Waals surface area contributed by atoms with Gasteiger partial charge in [0.15, 0.2) is 0 Å². The van der Waals surface area contributed by atoms with Gasteiger partial charge in [-0.3, -0.25) is 0 Å². The predicted octanol–water partition coefficient (Wildman–Crippen LogP) is 2.18. The number of aryl methyl sites for hydroxylation is 2. The van der Waals surface area contributed by atoms with Crippen LogP contribution in [0.3, 0.4) is 0 Å². The number of hydrogen-bond acceptors (Lipinski definition) is 5. The predicted molar refractivity (Wildman–Crippen MR) is 81.8 cm³/mol. The fourth-order valence-corrected chi connectivity index (χ4v) is 3.52. The van der Waals surface area contributed by atoms with E-state index < -0.39 is 0 Å². The molecule has 2 aliphatic heterocycles. The number of anilines is 1. The van der Waals surface area contributed by atoms with Crippen molar-refractivity contribution >= 4 is 5.82 Å². The fraction of sp³-hybridized carbons (Fsp3) is 0.750. The van der Waals surface area contributed by atoms with Gasteiger partial charge in [0.1, 0.15) is 17.2 Å². The highest BCUT2D eigenvalue weighted by atomic mass is 16.6. The summed E-state index contributed by atoms with van der Waals surface area (Å²) in [6.45, 7) is 13.5. The molecule has 5 heteroatoms. The summed E-state index contributed by atoms with van der Waals surface area (Å²) in [6, 6.07) is 0. The molecule has 3 heterocycles. The Morgan fingerprint density at radius 1 is 1.10 bits per heavy atom. The lowest BCUT2D eigenvalue weighted by Gasteiger charge is -2.48. The number of morpholine rings is 1. The summed E-state index contributed by atoms with van der Waals surface area (Å²) >= 11 is 0. The molecule has 116 valence electrons. The van der Waals surface area contributed by atoms with Crippen LogP contribution in [-0.4, -0.2) is 47.5 Å². The Hall–Kier alpha value is -1.20. The second kappa shape index (κ2) is 4.92. The minimum absolute atomic E-state index is 0.194. The molecule has 5 nitrogen and oxygen atoms in total. The van der Waals surface area contributed by atoms with Crippen molar-refractivity contribution in [1.29, 1.82) is 0 Å². The van der Waals surface area contributed by atoms with Gasteiger partial charge >= 0.3 is 0 Å². The lowest BCUT2D eigenvalue weighted by atomic mass is 9.94. The van der Waals surface area contributed by atoms with Gasteiger partial charge in [0, 0.05) is 30.8 Å². The lowest BCUT2D eigenvalue weighted by Crippen LogP contribution is -2.60. The van der Waals surface area contributed by atoms with Gasteiger partial charge in [-0.05, 0) is 34.6 Å². The first kappa shape index (κ1) is 14.7. The van der Waals surface area contributed by atoms with Crippen LogP contribution in [0, 0.1) is 20.8 Å². The molecule has 1 unspecified atom stereocenters. The monoisotopic (exact) mass is 291 g/mol. The standard InChI is InChI=1S/C16H25N3O2/c1-11-12(2)17-13(3)18-14(11)19-8-15(4,5)21-16(9-19)6-7-20-10-16/h6-10H2,1-5H3. The maximum absolute atomic E-state index is 6.36. The third kappa shape index (κ3) is 2.77. The Bertz CT molecular complexity index is 551. The first-order valence-corrected chi connectivity index (χ1v) is 7.65. The Kier molecular flexibility index (Phi) is 3.45. The van der Waals surface area contributed by atoms with Crippen molar-refractivity contribution in [1.82, 2.24) is 9.97 Å². The third-order valence-corrected chi connectivity index (χ3v) is 4.39. The number of ether oxygens (including phenoxy) is 2. The molecule has 0 bridgehead atoms. The van der Waals surface area contributed by atoms with Crippen LogP contribution < -0.4 is 4.90 Å². The SMILES string of the molecule is Cc1nc(C)c(C)c(N2CC(C)(C)OC3(CCOC3)C2)n1. The van der Waals surface area contributed by atoms with Crippen LogP contribution in [0.4, 0.5) is 5.82 Å². The second-order valence-corrected chi connectivity index (χ2v) is 7.01. The zero-order chi connectivity index (χ0) is 15.3. The average molecular weight is 291 g/mol. The molecule has 1 aromatic heterocycles. The summed E-state index contributed by atoms with van der Waals surface area (Å²) in [5.74, 6) is 1.87. The summed E-state index contributed by atoms with van der Waals surface area (Å²) in [4.78, 5) is 11.5. The van der Waals surface area contributed by atoms with E-state index in [1.807, 2.05) is 13.8 Å². The molecule has 0 radical (unpaired) electrons. The van der Waals surface area contributed by atoms with E-state index in [9.17, 15) is 0 Å². The minimum atomic E-state index is -0.203. The van der Waals surface area contributed by atoms with Gasteiger partial charge < -0.3 is 14.4 Å². The van der Waals surface area contributed by atoms with Crippen LogP contribution in [0.1, 0.15) is 37.4 Å².